The van der Waals surface area contributed by atoms with Gasteiger partial charge >= 0.3 is 0 Å². The molecular formula is C27H33N5O3. The summed E-state index contributed by atoms with van der Waals surface area (Å²) in [6.45, 7) is 9.18. The number of rotatable bonds is 8. The average Bonchev–Trinajstić information content (AvgIpc) is 2.91. The van der Waals surface area contributed by atoms with Crippen molar-refractivity contribution in [3.05, 3.63) is 69.8 Å². The van der Waals surface area contributed by atoms with E-state index in [2.05, 4.69) is 14.9 Å². The van der Waals surface area contributed by atoms with Gasteiger partial charge in [0.1, 0.15) is 17.4 Å². The van der Waals surface area contributed by atoms with E-state index in [1.807, 2.05) is 49.9 Å². The van der Waals surface area contributed by atoms with Gasteiger partial charge in [0.2, 0.25) is 0 Å². The maximum Gasteiger partial charge on any atom is 0.254 e. The summed E-state index contributed by atoms with van der Waals surface area (Å²) in [5.41, 5.74) is 2.51. The topological polar surface area (TPSA) is 91.4 Å². The van der Waals surface area contributed by atoms with Gasteiger partial charge in [0.15, 0.2) is 0 Å². The van der Waals surface area contributed by atoms with Crippen molar-refractivity contribution >= 4 is 11.7 Å². The molecule has 0 atom stereocenters. The number of amides is 1. The second-order valence-corrected chi connectivity index (χ2v) is 8.57. The minimum absolute atomic E-state index is 0.0443. The smallest absolute Gasteiger partial charge is 0.254 e. The first kappa shape index (κ1) is 24.4. The quantitative estimate of drug-likeness (QED) is 0.534. The van der Waals surface area contributed by atoms with E-state index in [-0.39, 0.29) is 11.5 Å². The number of aromatic nitrogens is 3. The number of hydrogen-bond donors (Lipinski definition) is 1. The molecule has 1 saturated heterocycles. The first-order valence-electron chi connectivity index (χ1n) is 12.4. The lowest BCUT2D eigenvalue weighted by atomic mass is 10.1. The van der Waals surface area contributed by atoms with Crippen LogP contribution in [-0.2, 0) is 12.8 Å². The number of aryl methyl sites for hydroxylation is 1. The number of nitrogens with zero attached hydrogens (tertiary/aromatic N) is 4. The minimum atomic E-state index is -0.141. The molecule has 0 aliphatic carbocycles. The highest BCUT2D eigenvalue weighted by Gasteiger charge is 2.24. The molecule has 0 spiro atoms. The monoisotopic (exact) mass is 475 g/mol. The third-order valence-corrected chi connectivity index (χ3v) is 6.27. The number of nitrogens with one attached hydrogen (secondary N) is 1. The molecule has 0 radical (unpaired) electrons. The van der Waals surface area contributed by atoms with Gasteiger partial charge in [0, 0.05) is 43.5 Å². The zero-order valence-electron chi connectivity index (χ0n) is 20.7. The average molecular weight is 476 g/mol. The number of anilines is 1. The van der Waals surface area contributed by atoms with Crippen molar-refractivity contribution in [1.82, 2.24) is 19.9 Å². The molecule has 2 aromatic heterocycles. The van der Waals surface area contributed by atoms with E-state index in [1.165, 1.54) is 0 Å². The Labute approximate surface area is 206 Å². The summed E-state index contributed by atoms with van der Waals surface area (Å²) in [4.78, 5) is 42.3. The highest BCUT2D eigenvalue weighted by molar-refractivity contribution is 5.96. The first-order valence-corrected chi connectivity index (χ1v) is 12.4. The number of benzene rings is 1. The van der Waals surface area contributed by atoms with Crippen molar-refractivity contribution in [1.29, 1.82) is 0 Å². The second-order valence-electron chi connectivity index (χ2n) is 8.57. The third kappa shape index (κ3) is 5.37. The summed E-state index contributed by atoms with van der Waals surface area (Å²) in [5.74, 6) is 1.93. The molecule has 4 rings (SSSR count). The Morgan fingerprint density at radius 1 is 1.06 bits per heavy atom. The van der Waals surface area contributed by atoms with Crippen LogP contribution in [0.3, 0.4) is 0 Å². The SMILES string of the molecule is CCCOc1ccc(C(=O)N2CCN(c3ccccn3)CC2)cc1-c1nc(CC)c(CC)c(=O)[nH]1. The molecule has 184 valence electrons. The van der Waals surface area contributed by atoms with Crippen LogP contribution in [0, 0.1) is 0 Å². The van der Waals surface area contributed by atoms with Crippen LogP contribution in [0.1, 0.15) is 48.8 Å². The second kappa shape index (κ2) is 11.2. The Balaban J connectivity index is 1.61. The molecule has 1 fully saturated rings. The standard InChI is InChI=1S/C27H33N5O3/c1-4-17-35-23-11-10-19(18-21(23)25-29-22(6-3)20(5-2)26(33)30-25)27(34)32-15-13-31(14-16-32)24-9-7-8-12-28-24/h7-12,18H,4-6,13-17H2,1-3H3,(H,29,30,33). The number of aromatic amines is 1. The molecule has 1 amide bonds. The van der Waals surface area contributed by atoms with E-state index in [9.17, 15) is 9.59 Å². The highest BCUT2D eigenvalue weighted by atomic mass is 16.5. The Morgan fingerprint density at radius 3 is 2.51 bits per heavy atom. The maximum atomic E-state index is 13.4. The summed E-state index contributed by atoms with van der Waals surface area (Å²) in [7, 11) is 0. The predicted molar refractivity (Wildman–Crippen MR) is 137 cm³/mol. The number of H-pyrrole nitrogens is 1. The molecule has 0 bridgehead atoms. The summed E-state index contributed by atoms with van der Waals surface area (Å²) in [6, 6.07) is 11.3. The van der Waals surface area contributed by atoms with Gasteiger partial charge in [-0.25, -0.2) is 9.97 Å². The van der Waals surface area contributed by atoms with Gasteiger partial charge in [-0.3, -0.25) is 9.59 Å². The van der Waals surface area contributed by atoms with Crippen molar-refractivity contribution in [3.63, 3.8) is 0 Å². The van der Waals surface area contributed by atoms with Crippen LogP contribution in [0.5, 0.6) is 5.75 Å². The van der Waals surface area contributed by atoms with Gasteiger partial charge in [0.05, 0.1) is 17.9 Å². The molecule has 8 nitrogen and oxygen atoms in total. The molecule has 1 aromatic carbocycles. The first-order chi connectivity index (χ1) is 17.0. The fourth-order valence-corrected chi connectivity index (χ4v) is 4.38. The number of pyridine rings is 1. The lowest BCUT2D eigenvalue weighted by molar-refractivity contribution is 0.0746. The summed E-state index contributed by atoms with van der Waals surface area (Å²) >= 11 is 0. The molecule has 3 aromatic rings. The number of piperazine rings is 1. The molecule has 1 aliphatic rings. The number of carbonyl (C=O) groups excluding carboxylic acids is 1. The van der Waals surface area contributed by atoms with Gasteiger partial charge in [-0.1, -0.05) is 26.8 Å². The van der Waals surface area contributed by atoms with Crippen LogP contribution in [0.4, 0.5) is 5.82 Å². The normalized spacial score (nSPS) is 13.7. The van der Waals surface area contributed by atoms with E-state index in [4.69, 9.17) is 9.72 Å². The van der Waals surface area contributed by atoms with E-state index in [0.717, 1.165) is 31.0 Å². The van der Waals surface area contributed by atoms with Gasteiger partial charge in [-0.2, -0.15) is 0 Å². The molecule has 0 unspecified atom stereocenters. The van der Waals surface area contributed by atoms with E-state index in [0.29, 0.717) is 60.8 Å². The largest absolute Gasteiger partial charge is 0.493 e. The molecule has 35 heavy (non-hydrogen) atoms. The molecule has 0 saturated carbocycles. The van der Waals surface area contributed by atoms with Gasteiger partial charge in [-0.15, -0.1) is 0 Å². The summed E-state index contributed by atoms with van der Waals surface area (Å²) in [5, 5.41) is 0. The van der Waals surface area contributed by atoms with Gasteiger partial charge in [0.25, 0.3) is 11.5 Å². The molecule has 8 heteroatoms. The van der Waals surface area contributed by atoms with Gasteiger partial charge in [-0.05, 0) is 49.6 Å². The van der Waals surface area contributed by atoms with Gasteiger partial charge < -0.3 is 19.5 Å². The van der Waals surface area contributed by atoms with Crippen molar-refractivity contribution in [3.8, 4) is 17.1 Å². The highest BCUT2D eigenvalue weighted by Crippen LogP contribution is 2.30. The summed E-state index contributed by atoms with van der Waals surface area (Å²) in [6.07, 6.45) is 3.91. The van der Waals surface area contributed by atoms with Crippen LogP contribution < -0.4 is 15.2 Å². The fraction of sp³-hybridized carbons (Fsp3) is 0.407. The molecule has 1 N–H and O–H groups in total. The van der Waals surface area contributed by atoms with Crippen molar-refractivity contribution in [2.75, 3.05) is 37.7 Å². The van der Waals surface area contributed by atoms with Crippen LogP contribution in [-0.4, -0.2) is 58.5 Å². The Bertz CT molecular complexity index is 1220. The molecular weight excluding hydrogens is 442 g/mol. The number of hydrogen-bond acceptors (Lipinski definition) is 6. The third-order valence-electron chi connectivity index (χ3n) is 6.27. The predicted octanol–water partition coefficient (Wildman–Crippen LogP) is 3.71. The van der Waals surface area contributed by atoms with Crippen LogP contribution in [0.15, 0.2) is 47.4 Å². The van der Waals surface area contributed by atoms with Crippen LogP contribution in [0.2, 0.25) is 0 Å². The lowest BCUT2D eigenvalue weighted by Gasteiger charge is -2.35. The Morgan fingerprint density at radius 2 is 1.86 bits per heavy atom. The number of ether oxygens (including phenoxy) is 1. The zero-order valence-corrected chi connectivity index (χ0v) is 20.7. The van der Waals surface area contributed by atoms with E-state index in [1.54, 1.807) is 18.3 Å². The fourth-order valence-electron chi connectivity index (χ4n) is 4.38. The Hall–Kier alpha value is -3.68. The minimum Gasteiger partial charge on any atom is -0.493 e. The lowest BCUT2D eigenvalue weighted by Crippen LogP contribution is -2.49. The van der Waals surface area contributed by atoms with Crippen molar-refractivity contribution < 1.29 is 9.53 Å². The molecule has 3 heterocycles. The van der Waals surface area contributed by atoms with Crippen LogP contribution >= 0.6 is 0 Å². The maximum absolute atomic E-state index is 13.4. The van der Waals surface area contributed by atoms with Crippen LogP contribution in [0.25, 0.3) is 11.4 Å². The van der Waals surface area contributed by atoms with Crippen molar-refractivity contribution in [2.45, 2.75) is 40.0 Å². The summed E-state index contributed by atoms with van der Waals surface area (Å²) < 4.78 is 5.95. The zero-order chi connectivity index (χ0) is 24.8. The Kier molecular flexibility index (Phi) is 7.80. The number of carbonyl (C=O) groups is 1. The van der Waals surface area contributed by atoms with Crippen molar-refractivity contribution in [2.24, 2.45) is 0 Å². The molecule has 1 aliphatic heterocycles. The van der Waals surface area contributed by atoms with E-state index >= 15 is 0 Å². The van der Waals surface area contributed by atoms with E-state index < -0.39 is 0 Å².